The van der Waals surface area contributed by atoms with Crippen molar-refractivity contribution in [1.82, 2.24) is 9.55 Å². The maximum absolute atomic E-state index is 11.0. The first kappa shape index (κ1) is 30.3. The van der Waals surface area contributed by atoms with Gasteiger partial charge in [-0.15, -0.1) is 0 Å². The number of benzene rings is 4. The summed E-state index contributed by atoms with van der Waals surface area (Å²) in [6, 6.07) is 30.4. The van der Waals surface area contributed by atoms with Gasteiger partial charge in [0, 0.05) is 55.0 Å². The van der Waals surface area contributed by atoms with Crippen molar-refractivity contribution in [2.75, 3.05) is 0 Å². The molecule has 0 amide bonds. The number of rotatable bonds is 5. The van der Waals surface area contributed by atoms with E-state index in [4.69, 9.17) is 10.2 Å². The van der Waals surface area contributed by atoms with Crippen molar-refractivity contribution in [1.29, 1.82) is 0 Å². The van der Waals surface area contributed by atoms with Crippen molar-refractivity contribution in [2.24, 2.45) is 0 Å². The van der Waals surface area contributed by atoms with Gasteiger partial charge in [0.05, 0.1) is 11.1 Å². The lowest BCUT2D eigenvalue weighted by molar-refractivity contribution is 0.0686. The first-order chi connectivity index (χ1) is 19.7. The van der Waals surface area contributed by atoms with Crippen molar-refractivity contribution in [3.63, 3.8) is 0 Å². The number of hydrogen-bond acceptors (Lipinski definition) is 2. The number of aromatic nitrogens is 2. The third-order valence-corrected chi connectivity index (χ3v) is 7.74. The number of carboxylic acids is 2. The Morgan fingerprint density at radius 3 is 1.93 bits per heavy atom. The van der Waals surface area contributed by atoms with Gasteiger partial charge < -0.3 is 19.8 Å². The Hall–Kier alpha value is -3.66. The van der Waals surface area contributed by atoms with Gasteiger partial charge in [0.2, 0.25) is 0 Å². The van der Waals surface area contributed by atoms with E-state index in [0.717, 1.165) is 42.6 Å². The Morgan fingerprint density at radius 1 is 0.707 bits per heavy atom. The van der Waals surface area contributed by atoms with Crippen LogP contribution in [0.15, 0.2) is 118 Å². The van der Waals surface area contributed by atoms with E-state index in [1.165, 1.54) is 11.1 Å². The maximum atomic E-state index is 11.0. The van der Waals surface area contributed by atoms with Gasteiger partial charge in [0.15, 0.2) is 0 Å². The summed E-state index contributed by atoms with van der Waals surface area (Å²) in [5.74, 6) is -1.79. The second-order valence-electron chi connectivity index (χ2n) is 9.00. The van der Waals surface area contributed by atoms with Gasteiger partial charge in [0.25, 0.3) is 0 Å². The molecule has 0 atom stereocenters. The van der Waals surface area contributed by atoms with Crippen molar-refractivity contribution in [2.45, 2.75) is 11.9 Å². The number of carbonyl (C=O) groups is 2. The molecule has 6 aromatic rings. The van der Waals surface area contributed by atoms with Crippen LogP contribution in [-0.2, 0) is 11.9 Å². The van der Waals surface area contributed by atoms with Crippen LogP contribution in [0.2, 0.25) is 0 Å². The fraction of sp³-hybridized carbons (Fsp3) is 0.0625. The zero-order valence-corrected chi connectivity index (χ0v) is 26.4. The summed E-state index contributed by atoms with van der Waals surface area (Å²) in [7, 11) is 0. The minimum Gasteiger partial charge on any atom is -0.478 e. The molecular weight excluding hydrogens is 716 g/mol. The van der Waals surface area contributed by atoms with Crippen LogP contribution in [0.1, 0.15) is 31.8 Å². The van der Waals surface area contributed by atoms with E-state index < -0.39 is 11.9 Å². The van der Waals surface area contributed by atoms with Gasteiger partial charge in [0.1, 0.15) is 0 Å². The molecule has 0 aliphatic carbocycles. The number of hydrogen-bond donors (Lipinski definition) is 3. The molecule has 3 N–H and O–H groups in total. The first-order valence-electron chi connectivity index (χ1n) is 12.4. The number of H-pyrrole nitrogens is 1. The second-order valence-corrected chi connectivity index (χ2v) is 11.4. The minimum absolute atomic E-state index is 0.317. The largest absolute Gasteiger partial charge is 0.478 e. The molecule has 0 aliphatic rings. The standard InChI is InChI=1S/C16H12BrNO2.C9H7NO2.C7H6Br2/c17-14-3-1-2-11(8-14)10-18-7-6-12-9-13(16(19)20)4-5-15(12)18;11-9(12)7-1-2-8-6(5-7)3-4-10-8;8-5-6-2-1-3-7(9)4-6/h1-9H,10H2,(H,19,20);1-5,10H,(H,11,12);1-4H,5H2. The zero-order valence-electron chi connectivity index (χ0n) is 21.6. The van der Waals surface area contributed by atoms with Gasteiger partial charge in [-0.3, -0.25) is 0 Å². The van der Waals surface area contributed by atoms with E-state index in [-0.39, 0.29) is 0 Å². The third-order valence-electron chi connectivity index (χ3n) is 6.10. The second kappa shape index (κ2) is 14.3. The predicted molar refractivity (Wildman–Crippen MR) is 174 cm³/mol. The topological polar surface area (TPSA) is 95.3 Å². The maximum Gasteiger partial charge on any atom is 0.335 e. The average molecular weight is 741 g/mol. The summed E-state index contributed by atoms with van der Waals surface area (Å²) in [4.78, 5) is 24.5. The van der Waals surface area contributed by atoms with Crippen molar-refractivity contribution in [3.8, 4) is 0 Å². The number of halogens is 3. The molecule has 2 heterocycles. The molecule has 0 aliphatic heterocycles. The molecule has 6 nitrogen and oxygen atoms in total. The summed E-state index contributed by atoms with van der Waals surface area (Å²) in [5.41, 5.74) is 5.12. The molecule has 0 saturated carbocycles. The van der Waals surface area contributed by atoms with Gasteiger partial charge >= 0.3 is 11.9 Å². The number of aromatic carboxylic acids is 2. The summed E-state index contributed by atoms with van der Waals surface area (Å²) in [5, 5.41) is 20.5. The van der Waals surface area contributed by atoms with E-state index in [9.17, 15) is 9.59 Å². The molecule has 0 saturated heterocycles. The molecule has 6 rings (SSSR count). The van der Waals surface area contributed by atoms with Crippen LogP contribution in [-0.4, -0.2) is 31.7 Å². The number of fused-ring (bicyclic) bond motifs is 2. The highest BCUT2D eigenvalue weighted by Gasteiger charge is 2.07. The number of aromatic amines is 1. The van der Waals surface area contributed by atoms with Crippen LogP contribution < -0.4 is 0 Å². The summed E-state index contributed by atoms with van der Waals surface area (Å²) in [6.07, 6.45) is 3.77. The lowest BCUT2D eigenvalue weighted by Crippen LogP contribution is -1.99. The number of alkyl halides is 1. The van der Waals surface area contributed by atoms with Crippen LogP contribution in [0.25, 0.3) is 21.8 Å². The highest BCUT2D eigenvalue weighted by molar-refractivity contribution is 9.10. The van der Waals surface area contributed by atoms with Gasteiger partial charge in [-0.1, -0.05) is 72.1 Å². The molecule has 2 aromatic heterocycles. The molecule has 41 heavy (non-hydrogen) atoms. The average Bonchev–Trinajstić information content (AvgIpc) is 3.60. The Kier molecular flexibility index (Phi) is 10.6. The minimum atomic E-state index is -0.897. The van der Waals surface area contributed by atoms with Crippen LogP contribution >= 0.6 is 47.8 Å². The molecule has 4 aromatic carbocycles. The van der Waals surface area contributed by atoms with Crippen LogP contribution in [0.3, 0.4) is 0 Å². The van der Waals surface area contributed by atoms with E-state index in [2.05, 4.69) is 81.6 Å². The van der Waals surface area contributed by atoms with Gasteiger partial charge in [-0.05, 0) is 83.9 Å². The molecular formula is C32H25Br3N2O4. The fourth-order valence-corrected chi connectivity index (χ4v) is 5.35. The number of nitrogens with one attached hydrogen (secondary N) is 1. The normalized spacial score (nSPS) is 10.4. The molecule has 0 fully saturated rings. The predicted octanol–water partition coefficient (Wildman–Crippen LogP) is 9.36. The highest BCUT2D eigenvalue weighted by atomic mass is 79.9. The third kappa shape index (κ3) is 8.42. The Balaban J connectivity index is 0.000000156. The smallest absolute Gasteiger partial charge is 0.335 e. The van der Waals surface area contributed by atoms with Crippen LogP contribution in [0.5, 0.6) is 0 Å². The SMILES string of the molecule is BrCc1cccc(Br)c1.O=C(O)c1ccc2[nH]ccc2c1.O=C(O)c1ccc2c(ccn2Cc2cccc(Br)c2)c1. The molecule has 9 heteroatoms. The monoisotopic (exact) mass is 738 g/mol. The highest BCUT2D eigenvalue weighted by Crippen LogP contribution is 2.20. The Labute approximate surface area is 262 Å². The van der Waals surface area contributed by atoms with Crippen LogP contribution in [0.4, 0.5) is 0 Å². The van der Waals surface area contributed by atoms with Crippen molar-refractivity contribution in [3.05, 3.63) is 141 Å². The van der Waals surface area contributed by atoms with E-state index in [0.29, 0.717) is 11.1 Å². The summed E-state index contributed by atoms with van der Waals surface area (Å²) < 4.78 is 4.31. The number of carboxylic acid groups (broad SMARTS) is 2. The molecule has 208 valence electrons. The fourth-order valence-electron chi connectivity index (χ4n) is 4.11. The molecule has 0 radical (unpaired) electrons. The van der Waals surface area contributed by atoms with Gasteiger partial charge in [-0.2, -0.15) is 0 Å². The molecule has 0 unspecified atom stereocenters. The van der Waals surface area contributed by atoms with E-state index in [1.807, 2.05) is 48.7 Å². The lowest BCUT2D eigenvalue weighted by Gasteiger charge is -2.06. The first-order valence-corrected chi connectivity index (χ1v) is 15.1. The zero-order chi connectivity index (χ0) is 29.4. The van der Waals surface area contributed by atoms with E-state index in [1.54, 1.807) is 36.5 Å². The number of nitrogens with zero attached hydrogens (tertiary/aromatic N) is 1. The van der Waals surface area contributed by atoms with E-state index >= 15 is 0 Å². The van der Waals surface area contributed by atoms with Crippen LogP contribution in [0, 0.1) is 0 Å². The van der Waals surface area contributed by atoms with Gasteiger partial charge in [-0.25, -0.2) is 9.59 Å². The summed E-state index contributed by atoms with van der Waals surface area (Å²) >= 11 is 10.2. The Bertz CT molecular complexity index is 1810. The lowest BCUT2D eigenvalue weighted by atomic mass is 10.1. The molecule has 0 bridgehead atoms. The van der Waals surface area contributed by atoms with Crippen molar-refractivity contribution < 1.29 is 19.8 Å². The quantitative estimate of drug-likeness (QED) is 0.154. The van der Waals surface area contributed by atoms with Crippen molar-refractivity contribution >= 4 is 81.5 Å². The molecule has 0 spiro atoms. The summed E-state index contributed by atoms with van der Waals surface area (Å²) in [6.45, 7) is 0.759. The Morgan fingerprint density at radius 2 is 1.32 bits per heavy atom.